The molecule has 12 heteroatoms. The minimum atomic E-state index is -0.452. The number of nitrogen functional groups attached to an aromatic ring is 1. The second kappa shape index (κ2) is 10.6. The van der Waals surface area contributed by atoms with Crippen molar-refractivity contribution in [2.75, 3.05) is 48.9 Å². The van der Waals surface area contributed by atoms with Gasteiger partial charge in [0.1, 0.15) is 11.9 Å². The lowest BCUT2D eigenvalue weighted by Crippen LogP contribution is -2.39. The van der Waals surface area contributed by atoms with E-state index in [1.807, 2.05) is 29.1 Å². The smallest absolute Gasteiger partial charge is 0.341 e. The van der Waals surface area contributed by atoms with Gasteiger partial charge in [-0.1, -0.05) is 6.07 Å². The van der Waals surface area contributed by atoms with E-state index < -0.39 is 11.8 Å². The summed E-state index contributed by atoms with van der Waals surface area (Å²) in [5.74, 6) is 0.206. The summed E-state index contributed by atoms with van der Waals surface area (Å²) in [7, 11) is 1.88. The summed E-state index contributed by atoms with van der Waals surface area (Å²) in [5.41, 5.74) is 7.62. The third-order valence-electron chi connectivity index (χ3n) is 5.94. The van der Waals surface area contributed by atoms with Gasteiger partial charge in [-0.15, -0.1) is 11.3 Å². The Balaban J connectivity index is 1.28. The largest absolute Gasteiger partial charge is 0.462 e. The molecule has 1 atom stereocenters. The summed E-state index contributed by atoms with van der Waals surface area (Å²) in [6.07, 6.45) is 4.45. The highest BCUT2D eigenvalue weighted by molar-refractivity contribution is 7.19. The highest BCUT2D eigenvalue weighted by atomic mass is 32.1. The Bertz CT molecular complexity index is 1420. The zero-order valence-corrected chi connectivity index (χ0v) is 21.2. The molecule has 37 heavy (non-hydrogen) atoms. The Morgan fingerprint density at radius 3 is 2.84 bits per heavy atom. The van der Waals surface area contributed by atoms with Gasteiger partial charge in [-0.2, -0.15) is 0 Å². The normalized spacial score (nSPS) is 15.6. The van der Waals surface area contributed by atoms with Gasteiger partial charge in [0.2, 0.25) is 11.9 Å². The van der Waals surface area contributed by atoms with Crippen LogP contribution in [0.5, 0.6) is 0 Å². The fourth-order valence-corrected chi connectivity index (χ4v) is 5.05. The van der Waals surface area contributed by atoms with E-state index in [1.54, 1.807) is 30.4 Å². The summed E-state index contributed by atoms with van der Waals surface area (Å²) in [4.78, 5) is 34.8. The number of thiophene rings is 1. The van der Waals surface area contributed by atoms with Gasteiger partial charge in [-0.25, -0.2) is 29.1 Å². The monoisotopic (exact) mass is 523 g/mol. The summed E-state index contributed by atoms with van der Waals surface area (Å²) in [6, 6.07) is 6.79. The molecule has 1 aliphatic heterocycles. The third kappa shape index (κ3) is 5.44. The fourth-order valence-electron chi connectivity index (χ4n) is 4.03. The van der Waals surface area contributed by atoms with Crippen molar-refractivity contribution in [2.24, 2.45) is 0 Å². The van der Waals surface area contributed by atoms with Crippen molar-refractivity contribution < 1.29 is 18.7 Å². The van der Waals surface area contributed by atoms with Crippen LogP contribution in [0.4, 0.5) is 22.0 Å². The summed E-state index contributed by atoms with van der Waals surface area (Å²) in [5, 5.41) is 0. The molecule has 0 radical (unpaired) electrons. The van der Waals surface area contributed by atoms with Crippen LogP contribution in [0.1, 0.15) is 33.8 Å². The van der Waals surface area contributed by atoms with Crippen molar-refractivity contribution >= 4 is 45.1 Å². The Morgan fingerprint density at radius 1 is 1.27 bits per heavy atom. The SMILES string of the molecule is CCOC(=O)c1cnc(N(C)Cc2cc3nc(N4CCOC(c5ccc(N)c(F)c5)C4)ncc3s2)nc1. The summed E-state index contributed by atoms with van der Waals surface area (Å²) >= 11 is 1.60. The number of nitrogens with two attached hydrogens (primary N) is 1. The van der Waals surface area contributed by atoms with Crippen LogP contribution in [-0.4, -0.2) is 59.3 Å². The van der Waals surface area contributed by atoms with Gasteiger partial charge < -0.3 is 25.0 Å². The van der Waals surface area contributed by atoms with Gasteiger partial charge in [0.15, 0.2) is 0 Å². The molecular weight excluding hydrogens is 497 g/mol. The van der Waals surface area contributed by atoms with E-state index in [4.69, 9.17) is 20.2 Å². The number of nitrogens with zero attached hydrogens (tertiary/aromatic N) is 6. The quantitative estimate of drug-likeness (QED) is 0.284. The van der Waals surface area contributed by atoms with Crippen molar-refractivity contribution in [3.8, 4) is 0 Å². The number of fused-ring (bicyclic) bond motifs is 1. The summed E-state index contributed by atoms with van der Waals surface area (Å²) < 4.78 is 25.8. The molecule has 2 N–H and O–H groups in total. The number of aromatic nitrogens is 4. The number of benzene rings is 1. The molecule has 1 aromatic carbocycles. The lowest BCUT2D eigenvalue weighted by Gasteiger charge is -2.33. The first-order chi connectivity index (χ1) is 17.9. The van der Waals surface area contributed by atoms with Crippen molar-refractivity contribution in [1.82, 2.24) is 19.9 Å². The molecule has 0 aliphatic carbocycles. The number of carbonyl (C=O) groups excluding carboxylic acids is 1. The molecule has 0 saturated carbocycles. The van der Waals surface area contributed by atoms with E-state index in [0.717, 1.165) is 20.7 Å². The molecule has 0 amide bonds. The van der Waals surface area contributed by atoms with Crippen LogP contribution in [0.3, 0.4) is 0 Å². The number of hydrogen-bond acceptors (Lipinski definition) is 11. The molecule has 4 aromatic rings. The van der Waals surface area contributed by atoms with Crippen LogP contribution in [0, 0.1) is 5.82 Å². The number of rotatable bonds is 7. The van der Waals surface area contributed by atoms with Crippen LogP contribution in [0.15, 0.2) is 42.9 Å². The molecule has 3 aromatic heterocycles. The van der Waals surface area contributed by atoms with Gasteiger partial charge in [0, 0.05) is 30.9 Å². The molecule has 1 aliphatic rings. The Labute approximate surface area is 216 Å². The molecule has 0 spiro atoms. The molecule has 4 heterocycles. The van der Waals surface area contributed by atoms with Crippen molar-refractivity contribution in [3.05, 3.63) is 64.7 Å². The third-order valence-corrected chi connectivity index (χ3v) is 6.98. The number of morpholine rings is 1. The van der Waals surface area contributed by atoms with Crippen LogP contribution in [0.2, 0.25) is 0 Å². The second-order valence-electron chi connectivity index (χ2n) is 8.57. The van der Waals surface area contributed by atoms with E-state index in [2.05, 4.69) is 15.0 Å². The van der Waals surface area contributed by atoms with Crippen LogP contribution >= 0.6 is 11.3 Å². The number of halogens is 1. The van der Waals surface area contributed by atoms with Gasteiger partial charge in [0.25, 0.3) is 0 Å². The minimum absolute atomic E-state index is 0.115. The molecule has 192 valence electrons. The van der Waals surface area contributed by atoms with Gasteiger partial charge >= 0.3 is 5.97 Å². The van der Waals surface area contributed by atoms with Crippen molar-refractivity contribution in [1.29, 1.82) is 0 Å². The predicted molar refractivity (Wildman–Crippen MR) is 139 cm³/mol. The maximum Gasteiger partial charge on any atom is 0.341 e. The minimum Gasteiger partial charge on any atom is -0.462 e. The van der Waals surface area contributed by atoms with Crippen LogP contribution in [0.25, 0.3) is 10.2 Å². The molecule has 1 unspecified atom stereocenters. The van der Waals surface area contributed by atoms with E-state index in [9.17, 15) is 9.18 Å². The lowest BCUT2D eigenvalue weighted by molar-refractivity contribution is 0.0391. The molecule has 1 fully saturated rings. The maximum atomic E-state index is 14.0. The van der Waals surface area contributed by atoms with Gasteiger partial charge in [0.05, 0.1) is 54.0 Å². The number of carbonyl (C=O) groups is 1. The number of esters is 1. The van der Waals surface area contributed by atoms with Crippen LogP contribution in [-0.2, 0) is 16.0 Å². The standard InChI is InChI=1S/C25H26FN7O3S/c1-3-35-23(34)16-10-28-24(29-11-16)32(2)13-17-9-20-22(37-17)12-30-25(31-20)33-6-7-36-21(14-33)15-4-5-19(27)18(26)8-15/h4-5,8-12,21H,3,6-7,13-14,27H2,1-2H3. The zero-order valence-electron chi connectivity index (χ0n) is 20.4. The molecule has 5 rings (SSSR count). The van der Waals surface area contributed by atoms with Crippen molar-refractivity contribution in [2.45, 2.75) is 19.6 Å². The maximum absolute atomic E-state index is 14.0. The molecule has 1 saturated heterocycles. The second-order valence-corrected chi connectivity index (χ2v) is 9.74. The first-order valence-electron chi connectivity index (χ1n) is 11.8. The lowest BCUT2D eigenvalue weighted by atomic mass is 10.1. The highest BCUT2D eigenvalue weighted by Crippen LogP contribution is 2.29. The highest BCUT2D eigenvalue weighted by Gasteiger charge is 2.25. The van der Waals surface area contributed by atoms with Gasteiger partial charge in [-0.3, -0.25) is 0 Å². The average Bonchev–Trinajstić information content (AvgIpc) is 3.32. The number of anilines is 3. The summed E-state index contributed by atoms with van der Waals surface area (Å²) in [6.45, 7) is 4.24. The van der Waals surface area contributed by atoms with E-state index in [1.165, 1.54) is 18.5 Å². The molecule has 10 nitrogen and oxygen atoms in total. The Kier molecular flexibility index (Phi) is 7.10. The predicted octanol–water partition coefficient (Wildman–Crippen LogP) is 3.59. The van der Waals surface area contributed by atoms with Gasteiger partial charge in [-0.05, 0) is 30.7 Å². The average molecular weight is 524 g/mol. The van der Waals surface area contributed by atoms with Crippen LogP contribution < -0.4 is 15.5 Å². The van der Waals surface area contributed by atoms with E-state index in [0.29, 0.717) is 50.3 Å². The molecular formula is C25H26FN7O3S. The fraction of sp³-hybridized carbons (Fsp3) is 0.320. The zero-order chi connectivity index (χ0) is 25.9. The number of ether oxygens (including phenoxy) is 2. The first-order valence-corrected chi connectivity index (χ1v) is 12.6. The number of hydrogen-bond donors (Lipinski definition) is 1. The Morgan fingerprint density at radius 2 is 2.08 bits per heavy atom. The topological polar surface area (TPSA) is 120 Å². The molecule has 0 bridgehead atoms. The first kappa shape index (κ1) is 24.8. The van der Waals surface area contributed by atoms with E-state index in [-0.39, 0.29) is 11.8 Å². The van der Waals surface area contributed by atoms with Crippen molar-refractivity contribution in [3.63, 3.8) is 0 Å². The Hall–Kier alpha value is -3.90. The van der Waals surface area contributed by atoms with E-state index >= 15 is 0 Å².